The molecule has 1 amide bonds. The second kappa shape index (κ2) is 8.95. The molecule has 0 N–H and O–H groups in total. The van der Waals surface area contributed by atoms with E-state index in [-0.39, 0.29) is 11.7 Å². The molecule has 0 atom stereocenters. The molecule has 1 aromatic carbocycles. The molecular weight excluding hydrogens is 343 g/mol. The molecule has 0 radical (unpaired) electrons. The molecule has 0 unspecified atom stereocenters. The SMILES string of the molecule is CN(C)c1ncccc1C(=O)N1CCN(CCCc2cccc(F)c2)CC1. The number of carbonyl (C=O) groups excluding carboxylic acids is 1. The van der Waals surface area contributed by atoms with Crippen molar-refractivity contribution in [2.24, 2.45) is 0 Å². The Bertz CT molecular complexity index is 772. The first kappa shape index (κ1) is 19.3. The number of nitrogens with zero attached hydrogens (tertiary/aromatic N) is 4. The molecule has 0 bridgehead atoms. The number of aromatic nitrogens is 1. The molecule has 2 heterocycles. The van der Waals surface area contributed by atoms with Gasteiger partial charge in [-0.3, -0.25) is 9.69 Å². The van der Waals surface area contributed by atoms with Gasteiger partial charge in [-0.05, 0) is 49.2 Å². The van der Waals surface area contributed by atoms with Gasteiger partial charge in [0.1, 0.15) is 11.6 Å². The van der Waals surface area contributed by atoms with Gasteiger partial charge in [0.25, 0.3) is 5.91 Å². The third-order valence-corrected chi connectivity index (χ3v) is 4.93. The van der Waals surface area contributed by atoms with Gasteiger partial charge in [0.05, 0.1) is 5.56 Å². The quantitative estimate of drug-likeness (QED) is 0.784. The summed E-state index contributed by atoms with van der Waals surface area (Å²) in [4.78, 5) is 23.3. The topological polar surface area (TPSA) is 39.7 Å². The van der Waals surface area contributed by atoms with Crippen molar-refractivity contribution in [3.05, 3.63) is 59.5 Å². The van der Waals surface area contributed by atoms with Crippen LogP contribution in [-0.4, -0.2) is 67.5 Å². The first-order chi connectivity index (χ1) is 13.0. The number of hydrogen-bond acceptors (Lipinski definition) is 4. The second-order valence-corrected chi connectivity index (χ2v) is 7.14. The van der Waals surface area contributed by atoms with Crippen LogP contribution in [0.4, 0.5) is 10.2 Å². The summed E-state index contributed by atoms with van der Waals surface area (Å²) in [5.74, 6) is 0.582. The number of amides is 1. The molecule has 1 aliphatic heterocycles. The third-order valence-electron chi connectivity index (χ3n) is 4.93. The lowest BCUT2D eigenvalue weighted by molar-refractivity contribution is 0.0636. The van der Waals surface area contributed by atoms with Gasteiger partial charge < -0.3 is 9.80 Å². The maximum Gasteiger partial charge on any atom is 0.257 e. The van der Waals surface area contributed by atoms with Crippen LogP contribution in [0.5, 0.6) is 0 Å². The van der Waals surface area contributed by atoms with Crippen molar-refractivity contribution < 1.29 is 9.18 Å². The lowest BCUT2D eigenvalue weighted by Gasteiger charge is -2.35. The highest BCUT2D eigenvalue weighted by Crippen LogP contribution is 2.18. The summed E-state index contributed by atoms with van der Waals surface area (Å²) in [6.07, 6.45) is 3.58. The number of benzene rings is 1. The number of anilines is 1. The molecule has 0 spiro atoms. The highest BCUT2D eigenvalue weighted by atomic mass is 19.1. The van der Waals surface area contributed by atoms with Gasteiger partial charge in [0, 0.05) is 46.5 Å². The largest absolute Gasteiger partial charge is 0.362 e. The minimum Gasteiger partial charge on any atom is -0.362 e. The number of pyridine rings is 1. The lowest BCUT2D eigenvalue weighted by Crippen LogP contribution is -2.49. The maximum atomic E-state index is 13.2. The lowest BCUT2D eigenvalue weighted by atomic mass is 10.1. The van der Waals surface area contributed by atoms with Crippen LogP contribution in [0.25, 0.3) is 0 Å². The van der Waals surface area contributed by atoms with E-state index in [4.69, 9.17) is 0 Å². The van der Waals surface area contributed by atoms with E-state index in [9.17, 15) is 9.18 Å². The van der Waals surface area contributed by atoms with Crippen LogP contribution in [-0.2, 0) is 6.42 Å². The molecule has 1 fully saturated rings. The minimum atomic E-state index is -0.174. The van der Waals surface area contributed by atoms with Crippen molar-refractivity contribution in [2.45, 2.75) is 12.8 Å². The Morgan fingerprint density at radius 3 is 2.63 bits per heavy atom. The maximum absolute atomic E-state index is 13.2. The van der Waals surface area contributed by atoms with E-state index in [0.29, 0.717) is 11.4 Å². The number of aryl methyl sites for hydroxylation is 1. The molecule has 1 aromatic heterocycles. The van der Waals surface area contributed by atoms with Crippen molar-refractivity contribution in [1.29, 1.82) is 0 Å². The van der Waals surface area contributed by atoms with Crippen LogP contribution in [0.2, 0.25) is 0 Å². The fourth-order valence-corrected chi connectivity index (χ4v) is 3.46. The molecule has 144 valence electrons. The van der Waals surface area contributed by atoms with Gasteiger partial charge in [-0.1, -0.05) is 12.1 Å². The highest BCUT2D eigenvalue weighted by Gasteiger charge is 2.24. The molecule has 5 nitrogen and oxygen atoms in total. The first-order valence-corrected chi connectivity index (χ1v) is 9.43. The molecule has 6 heteroatoms. The molecule has 1 saturated heterocycles. The molecule has 0 saturated carbocycles. The monoisotopic (exact) mass is 370 g/mol. The van der Waals surface area contributed by atoms with E-state index in [1.807, 2.05) is 42.1 Å². The van der Waals surface area contributed by atoms with Gasteiger partial charge in [0.2, 0.25) is 0 Å². The van der Waals surface area contributed by atoms with Crippen LogP contribution < -0.4 is 4.90 Å². The van der Waals surface area contributed by atoms with Crippen LogP contribution in [0.3, 0.4) is 0 Å². The second-order valence-electron chi connectivity index (χ2n) is 7.14. The van der Waals surface area contributed by atoms with Crippen molar-refractivity contribution >= 4 is 11.7 Å². The number of piperazine rings is 1. The van der Waals surface area contributed by atoms with Crippen molar-refractivity contribution in [3.8, 4) is 0 Å². The standard InChI is InChI=1S/C21H27FN4O/c1-24(2)20-19(9-4-10-23-20)21(27)26-14-12-25(13-15-26)11-5-7-17-6-3-8-18(22)16-17/h3-4,6,8-10,16H,5,7,11-15H2,1-2H3. The van der Waals surface area contributed by atoms with Gasteiger partial charge in [-0.2, -0.15) is 0 Å². The van der Waals surface area contributed by atoms with Gasteiger partial charge in [-0.25, -0.2) is 9.37 Å². The predicted octanol–water partition coefficient (Wildman–Crippen LogP) is 2.68. The molecular formula is C21H27FN4O. The summed E-state index contributed by atoms with van der Waals surface area (Å²) in [5, 5.41) is 0. The Labute approximate surface area is 160 Å². The number of halogens is 1. The molecule has 2 aromatic rings. The minimum absolute atomic E-state index is 0.0474. The third kappa shape index (κ3) is 5.04. The highest BCUT2D eigenvalue weighted by molar-refractivity contribution is 5.98. The van der Waals surface area contributed by atoms with E-state index < -0.39 is 0 Å². The van der Waals surface area contributed by atoms with E-state index in [1.54, 1.807) is 18.3 Å². The smallest absolute Gasteiger partial charge is 0.257 e. The van der Waals surface area contributed by atoms with Crippen molar-refractivity contribution in [2.75, 3.05) is 51.7 Å². The van der Waals surface area contributed by atoms with Crippen molar-refractivity contribution in [3.63, 3.8) is 0 Å². The zero-order chi connectivity index (χ0) is 19.2. The van der Waals surface area contributed by atoms with Gasteiger partial charge in [0.15, 0.2) is 0 Å². The molecule has 27 heavy (non-hydrogen) atoms. The predicted molar refractivity (Wildman–Crippen MR) is 106 cm³/mol. The zero-order valence-electron chi connectivity index (χ0n) is 16.1. The summed E-state index contributed by atoms with van der Waals surface area (Å²) in [6.45, 7) is 4.15. The summed E-state index contributed by atoms with van der Waals surface area (Å²) in [6, 6.07) is 10.5. The Kier molecular flexibility index (Phi) is 6.40. The molecule has 0 aliphatic carbocycles. The Hall–Kier alpha value is -2.47. The Morgan fingerprint density at radius 1 is 1.15 bits per heavy atom. The average molecular weight is 370 g/mol. The van der Waals surface area contributed by atoms with Crippen LogP contribution in [0.1, 0.15) is 22.3 Å². The van der Waals surface area contributed by atoms with Crippen molar-refractivity contribution in [1.82, 2.24) is 14.8 Å². The van der Waals surface area contributed by atoms with E-state index in [1.165, 1.54) is 6.07 Å². The van der Waals surface area contributed by atoms with E-state index in [0.717, 1.165) is 51.1 Å². The summed E-state index contributed by atoms with van der Waals surface area (Å²) >= 11 is 0. The summed E-state index contributed by atoms with van der Waals surface area (Å²) in [7, 11) is 3.80. The Morgan fingerprint density at radius 2 is 1.93 bits per heavy atom. The zero-order valence-corrected chi connectivity index (χ0v) is 16.1. The molecule has 1 aliphatic rings. The van der Waals surface area contributed by atoms with Crippen LogP contribution in [0, 0.1) is 5.82 Å². The number of carbonyl (C=O) groups is 1. The number of hydrogen-bond donors (Lipinski definition) is 0. The summed E-state index contributed by atoms with van der Waals surface area (Å²) < 4.78 is 13.2. The van der Waals surface area contributed by atoms with Crippen LogP contribution >= 0.6 is 0 Å². The van der Waals surface area contributed by atoms with E-state index >= 15 is 0 Å². The fraction of sp³-hybridized carbons (Fsp3) is 0.429. The summed E-state index contributed by atoms with van der Waals surface area (Å²) in [5.41, 5.74) is 1.69. The average Bonchev–Trinajstić information content (AvgIpc) is 2.68. The molecule has 3 rings (SSSR count). The van der Waals surface area contributed by atoms with Gasteiger partial charge >= 0.3 is 0 Å². The normalized spacial score (nSPS) is 15.0. The Balaban J connectivity index is 1.48. The fourth-order valence-electron chi connectivity index (χ4n) is 3.46. The van der Waals surface area contributed by atoms with Crippen LogP contribution in [0.15, 0.2) is 42.6 Å². The van der Waals surface area contributed by atoms with Gasteiger partial charge in [-0.15, -0.1) is 0 Å². The van der Waals surface area contributed by atoms with E-state index in [2.05, 4.69) is 9.88 Å². The first-order valence-electron chi connectivity index (χ1n) is 9.43. The number of rotatable bonds is 6.